The van der Waals surface area contributed by atoms with E-state index in [9.17, 15) is 0 Å². The lowest BCUT2D eigenvalue weighted by Crippen LogP contribution is -2.28. The number of para-hydroxylation sites is 2. The van der Waals surface area contributed by atoms with Gasteiger partial charge in [-0.1, -0.05) is 183 Å². The van der Waals surface area contributed by atoms with Crippen LogP contribution in [-0.4, -0.2) is 0 Å². The van der Waals surface area contributed by atoms with Crippen molar-refractivity contribution in [3.63, 3.8) is 0 Å². The molecule has 0 saturated heterocycles. The van der Waals surface area contributed by atoms with E-state index < -0.39 is 5.41 Å². The SMILES string of the molecule is c1ccc(-c2ccc(N(c3ccc(-c4ccccc4)cc3)c3ccc(C4(c5ccc(C6CCCCC6)cc5)c5ccccc5-c5c4ccc4c5Oc5ccccc5O4)cc3)cc2)cc1. The van der Waals surface area contributed by atoms with Crippen molar-refractivity contribution in [2.24, 2.45) is 0 Å². The smallest absolute Gasteiger partial charge is 0.178 e. The van der Waals surface area contributed by atoms with Gasteiger partial charge in [0.2, 0.25) is 0 Å². The van der Waals surface area contributed by atoms with E-state index in [1.807, 2.05) is 24.3 Å². The minimum absolute atomic E-state index is 0.619. The molecule has 1 unspecified atom stereocenters. The Hall–Kier alpha value is -7.62. The van der Waals surface area contributed by atoms with Crippen molar-refractivity contribution in [2.45, 2.75) is 43.4 Å². The Morgan fingerprint density at radius 1 is 0.375 bits per heavy atom. The lowest BCUT2D eigenvalue weighted by Gasteiger charge is -2.35. The molecule has 0 aromatic heterocycles. The zero-order valence-corrected chi connectivity index (χ0v) is 35.7. The number of hydrogen-bond donors (Lipinski definition) is 0. The molecule has 9 aromatic rings. The number of rotatable bonds is 8. The molecule has 3 aliphatic rings. The molecule has 0 N–H and O–H groups in total. The van der Waals surface area contributed by atoms with Crippen LogP contribution in [0.2, 0.25) is 0 Å². The third-order valence-electron chi connectivity index (χ3n) is 13.9. The summed E-state index contributed by atoms with van der Waals surface area (Å²) in [5.41, 5.74) is 16.0. The Labute approximate surface area is 375 Å². The van der Waals surface area contributed by atoms with Crippen LogP contribution in [0.15, 0.2) is 218 Å². The maximum atomic E-state index is 6.83. The van der Waals surface area contributed by atoms with E-state index in [1.54, 1.807) is 0 Å². The minimum atomic E-state index is -0.621. The molecule has 0 spiro atoms. The van der Waals surface area contributed by atoms with Crippen molar-refractivity contribution < 1.29 is 9.47 Å². The Balaban J connectivity index is 1.01. The number of ether oxygens (including phenoxy) is 2. The fourth-order valence-corrected chi connectivity index (χ4v) is 10.8. The summed E-state index contributed by atoms with van der Waals surface area (Å²) in [7, 11) is 0. The first kappa shape index (κ1) is 38.1. The van der Waals surface area contributed by atoms with E-state index in [4.69, 9.17) is 9.47 Å². The summed E-state index contributed by atoms with van der Waals surface area (Å²) in [6, 6.07) is 79.3. The predicted molar refractivity (Wildman–Crippen MR) is 262 cm³/mol. The summed E-state index contributed by atoms with van der Waals surface area (Å²) in [4.78, 5) is 2.37. The van der Waals surface area contributed by atoms with Crippen LogP contribution in [0.1, 0.15) is 65.8 Å². The second kappa shape index (κ2) is 15.9. The number of hydrogen-bond acceptors (Lipinski definition) is 3. The molecule has 1 atom stereocenters. The Kier molecular flexibility index (Phi) is 9.48. The zero-order chi connectivity index (χ0) is 42.5. The molecule has 12 rings (SSSR count). The maximum absolute atomic E-state index is 6.83. The largest absolute Gasteiger partial charge is 0.449 e. The van der Waals surface area contributed by atoms with Crippen molar-refractivity contribution in [1.29, 1.82) is 0 Å². The highest BCUT2D eigenvalue weighted by Gasteiger charge is 2.48. The number of anilines is 3. The van der Waals surface area contributed by atoms with E-state index >= 15 is 0 Å². The summed E-state index contributed by atoms with van der Waals surface area (Å²) in [5, 5.41) is 0. The highest BCUT2D eigenvalue weighted by atomic mass is 16.6. The van der Waals surface area contributed by atoms with Crippen LogP contribution >= 0.6 is 0 Å². The van der Waals surface area contributed by atoms with Crippen molar-refractivity contribution in [3.8, 4) is 56.4 Å². The van der Waals surface area contributed by atoms with Gasteiger partial charge in [0.1, 0.15) is 0 Å². The monoisotopic (exact) mass is 825 g/mol. The van der Waals surface area contributed by atoms with Crippen LogP contribution in [0.4, 0.5) is 17.1 Å². The molecule has 0 radical (unpaired) electrons. The molecule has 1 saturated carbocycles. The van der Waals surface area contributed by atoms with Gasteiger partial charge in [-0.05, 0) is 129 Å². The summed E-state index contributed by atoms with van der Waals surface area (Å²) >= 11 is 0. The van der Waals surface area contributed by atoms with E-state index in [1.165, 1.54) is 82.2 Å². The summed E-state index contributed by atoms with van der Waals surface area (Å²) in [6.45, 7) is 0. The number of nitrogens with zero attached hydrogens (tertiary/aromatic N) is 1. The normalized spacial score (nSPS) is 16.1. The fourth-order valence-electron chi connectivity index (χ4n) is 10.8. The average molecular weight is 826 g/mol. The number of fused-ring (bicyclic) bond motifs is 6. The summed E-state index contributed by atoms with van der Waals surface area (Å²) in [6.07, 6.45) is 6.50. The molecular weight excluding hydrogens is 779 g/mol. The topological polar surface area (TPSA) is 21.7 Å². The summed E-state index contributed by atoms with van der Waals surface area (Å²) in [5.74, 6) is 3.58. The van der Waals surface area contributed by atoms with Gasteiger partial charge in [0.15, 0.2) is 23.0 Å². The molecule has 1 heterocycles. The van der Waals surface area contributed by atoms with Crippen LogP contribution in [0.3, 0.4) is 0 Å². The fraction of sp³-hybridized carbons (Fsp3) is 0.115. The lowest BCUT2D eigenvalue weighted by molar-refractivity contribution is 0.360. The van der Waals surface area contributed by atoms with Crippen LogP contribution in [-0.2, 0) is 5.41 Å². The molecular formula is C61H47NO2. The molecule has 3 nitrogen and oxygen atoms in total. The molecule has 2 aliphatic carbocycles. The van der Waals surface area contributed by atoms with Gasteiger partial charge in [-0.15, -0.1) is 0 Å². The minimum Gasteiger partial charge on any atom is -0.449 e. The van der Waals surface area contributed by atoms with Crippen LogP contribution in [0.25, 0.3) is 33.4 Å². The van der Waals surface area contributed by atoms with E-state index in [0.29, 0.717) is 5.92 Å². The van der Waals surface area contributed by atoms with Gasteiger partial charge in [0, 0.05) is 22.6 Å². The predicted octanol–water partition coefficient (Wildman–Crippen LogP) is 16.8. The van der Waals surface area contributed by atoms with E-state index in [0.717, 1.165) is 51.2 Å². The molecule has 0 amide bonds. The van der Waals surface area contributed by atoms with Gasteiger partial charge in [0.25, 0.3) is 0 Å². The van der Waals surface area contributed by atoms with Crippen LogP contribution in [0, 0.1) is 0 Å². The standard InChI is InChI=1S/C61H47NO2/c1-4-14-42(15-5-1)45-24-30-48(31-25-45)61(54-21-11-10-20-53(54)59-55(61)40-41-58-60(59)64-57-23-13-12-22-56(57)63-58)49-32-38-52(39-33-49)62(50-34-26-46(27-35-50)43-16-6-2-7-17-43)51-36-28-47(29-37-51)44-18-8-3-9-19-44/h2-3,6-13,16-42H,1,4-5,14-15H2. The molecule has 9 aromatic carbocycles. The van der Waals surface area contributed by atoms with Gasteiger partial charge < -0.3 is 14.4 Å². The Morgan fingerprint density at radius 3 is 1.45 bits per heavy atom. The molecule has 1 fully saturated rings. The third-order valence-corrected chi connectivity index (χ3v) is 13.9. The lowest BCUT2D eigenvalue weighted by atomic mass is 9.67. The second-order valence-electron chi connectivity index (χ2n) is 17.4. The second-order valence-corrected chi connectivity index (χ2v) is 17.4. The first-order valence-electron chi connectivity index (χ1n) is 22.8. The first-order chi connectivity index (χ1) is 31.7. The Morgan fingerprint density at radius 2 is 0.859 bits per heavy atom. The van der Waals surface area contributed by atoms with Gasteiger partial charge in [-0.3, -0.25) is 0 Å². The van der Waals surface area contributed by atoms with Gasteiger partial charge in [-0.2, -0.15) is 0 Å². The Bertz CT molecular complexity index is 3020. The molecule has 308 valence electrons. The van der Waals surface area contributed by atoms with E-state index in [-0.39, 0.29) is 0 Å². The average Bonchev–Trinajstić information content (AvgIpc) is 3.69. The summed E-state index contributed by atoms with van der Waals surface area (Å²) < 4.78 is 13.4. The number of benzene rings is 9. The highest BCUT2D eigenvalue weighted by Crippen LogP contribution is 2.62. The molecule has 0 bridgehead atoms. The first-order valence-corrected chi connectivity index (χ1v) is 22.8. The van der Waals surface area contributed by atoms with Crippen LogP contribution in [0.5, 0.6) is 23.0 Å². The van der Waals surface area contributed by atoms with E-state index in [2.05, 4.69) is 199 Å². The highest BCUT2D eigenvalue weighted by molar-refractivity contribution is 5.92. The molecule has 1 aliphatic heterocycles. The van der Waals surface area contributed by atoms with Crippen molar-refractivity contribution in [2.75, 3.05) is 4.90 Å². The van der Waals surface area contributed by atoms with Crippen molar-refractivity contribution >= 4 is 17.1 Å². The van der Waals surface area contributed by atoms with Gasteiger partial charge in [-0.25, -0.2) is 0 Å². The van der Waals surface area contributed by atoms with Crippen LogP contribution < -0.4 is 14.4 Å². The third kappa shape index (κ3) is 6.42. The van der Waals surface area contributed by atoms with Crippen molar-refractivity contribution in [1.82, 2.24) is 0 Å². The molecule has 3 heteroatoms. The maximum Gasteiger partial charge on any atom is 0.178 e. The van der Waals surface area contributed by atoms with Crippen molar-refractivity contribution in [3.05, 3.63) is 246 Å². The van der Waals surface area contributed by atoms with Gasteiger partial charge in [0.05, 0.1) is 5.41 Å². The van der Waals surface area contributed by atoms with Gasteiger partial charge >= 0.3 is 0 Å². The molecule has 64 heavy (non-hydrogen) atoms. The zero-order valence-electron chi connectivity index (χ0n) is 35.7. The quantitative estimate of drug-likeness (QED) is 0.152.